The van der Waals surface area contributed by atoms with E-state index in [9.17, 15) is 14.9 Å². The third-order valence-corrected chi connectivity index (χ3v) is 4.73. The van der Waals surface area contributed by atoms with Gasteiger partial charge >= 0.3 is 0 Å². The molecule has 7 nitrogen and oxygen atoms in total. The molecule has 29 heavy (non-hydrogen) atoms. The molecule has 1 amide bonds. The van der Waals surface area contributed by atoms with Crippen LogP contribution < -0.4 is 5.32 Å². The van der Waals surface area contributed by atoms with E-state index in [1.807, 2.05) is 58.0 Å². The minimum atomic E-state index is -0.485. The number of amides is 1. The maximum atomic E-state index is 12.9. The van der Waals surface area contributed by atoms with Crippen LogP contribution in [0.25, 0.3) is 5.69 Å². The molecule has 3 rings (SSSR count). The number of carbonyl (C=O) groups is 1. The molecule has 0 atom stereocenters. The van der Waals surface area contributed by atoms with Gasteiger partial charge in [0, 0.05) is 28.7 Å². The van der Waals surface area contributed by atoms with Gasteiger partial charge in [0.25, 0.3) is 11.6 Å². The highest BCUT2D eigenvalue weighted by Gasteiger charge is 2.23. The van der Waals surface area contributed by atoms with E-state index < -0.39 is 10.8 Å². The molecule has 0 aliphatic rings. The normalized spacial score (nSPS) is 11.3. The van der Waals surface area contributed by atoms with Crippen molar-refractivity contribution in [2.75, 3.05) is 5.32 Å². The highest BCUT2D eigenvalue weighted by atomic mass is 16.6. The molecule has 0 aliphatic carbocycles. The van der Waals surface area contributed by atoms with Crippen LogP contribution in [0.4, 0.5) is 11.5 Å². The monoisotopic (exact) mass is 392 g/mol. The van der Waals surface area contributed by atoms with E-state index in [-0.39, 0.29) is 16.7 Å². The first kappa shape index (κ1) is 20.3. The first-order valence-corrected chi connectivity index (χ1v) is 9.31. The van der Waals surface area contributed by atoms with Gasteiger partial charge in [-0.05, 0) is 31.5 Å². The number of nitro groups is 1. The smallest absolute Gasteiger partial charge is 0.273 e. The molecule has 150 valence electrons. The first-order chi connectivity index (χ1) is 13.6. The number of benzene rings is 2. The van der Waals surface area contributed by atoms with Crippen molar-refractivity contribution in [3.63, 3.8) is 0 Å². The second kappa shape index (κ2) is 7.50. The number of aromatic nitrogens is 2. The molecule has 2 aromatic carbocycles. The molecule has 0 saturated carbocycles. The Bertz CT molecular complexity index is 1090. The van der Waals surface area contributed by atoms with E-state index in [0.29, 0.717) is 11.4 Å². The van der Waals surface area contributed by atoms with Crippen molar-refractivity contribution in [2.24, 2.45) is 0 Å². The van der Waals surface area contributed by atoms with E-state index in [2.05, 4.69) is 5.32 Å². The van der Waals surface area contributed by atoms with Gasteiger partial charge in [0.1, 0.15) is 5.82 Å². The minimum Gasteiger partial charge on any atom is -0.306 e. The summed E-state index contributed by atoms with van der Waals surface area (Å²) in [6.45, 7) is 9.76. The quantitative estimate of drug-likeness (QED) is 0.502. The Morgan fingerprint density at radius 2 is 1.76 bits per heavy atom. The van der Waals surface area contributed by atoms with Crippen LogP contribution in [0.1, 0.15) is 48.0 Å². The lowest BCUT2D eigenvalue weighted by Crippen LogP contribution is -2.16. The standard InChI is InChI=1S/C22H24N4O3/c1-14-8-6-7-9-17(14)25-20(13-19(24-25)22(3,4)5)23-21(27)16-11-10-15(2)18(12-16)26(28)29/h6-13H,1-5H3,(H,23,27). The lowest BCUT2D eigenvalue weighted by molar-refractivity contribution is -0.385. The molecule has 0 bridgehead atoms. The van der Waals surface area contributed by atoms with E-state index in [4.69, 9.17) is 5.10 Å². The maximum absolute atomic E-state index is 12.9. The number of carbonyl (C=O) groups excluding carboxylic acids is 1. The Morgan fingerprint density at radius 3 is 2.38 bits per heavy atom. The van der Waals surface area contributed by atoms with Crippen LogP contribution in [0, 0.1) is 24.0 Å². The van der Waals surface area contributed by atoms with E-state index in [1.165, 1.54) is 6.07 Å². The van der Waals surface area contributed by atoms with Crippen LogP contribution in [0.3, 0.4) is 0 Å². The Balaban J connectivity index is 2.04. The maximum Gasteiger partial charge on any atom is 0.273 e. The zero-order valence-electron chi connectivity index (χ0n) is 17.2. The number of nitrogens with zero attached hydrogens (tertiary/aromatic N) is 3. The van der Waals surface area contributed by atoms with E-state index in [1.54, 1.807) is 23.7 Å². The Kier molecular flexibility index (Phi) is 5.24. The number of anilines is 1. The van der Waals surface area contributed by atoms with Gasteiger partial charge in [0.15, 0.2) is 0 Å². The molecule has 0 fully saturated rings. The Morgan fingerprint density at radius 1 is 1.07 bits per heavy atom. The zero-order chi connectivity index (χ0) is 21.3. The lowest BCUT2D eigenvalue weighted by Gasteiger charge is -2.14. The van der Waals surface area contributed by atoms with Crippen molar-refractivity contribution in [1.29, 1.82) is 0 Å². The second-order valence-electron chi connectivity index (χ2n) is 8.08. The SMILES string of the molecule is Cc1ccccc1-n1nc(C(C)(C)C)cc1NC(=O)c1ccc(C)c([N+](=O)[O-])c1. The number of aryl methyl sites for hydroxylation is 2. The van der Waals surface area contributed by atoms with Crippen LogP contribution in [0.2, 0.25) is 0 Å². The molecule has 0 aliphatic heterocycles. The molecule has 7 heteroatoms. The summed E-state index contributed by atoms with van der Waals surface area (Å²) in [4.78, 5) is 23.6. The molecule has 1 aromatic heterocycles. The first-order valence-electron chi connectivity index (χ1n) is 9.31. The largest absolute Gasteiger partial charge is 0.306 e. The van der Waals surface area contributed by atoms with Crippen molar-refractivity contribution < 1.29 is 9.72 Å². The Hall–Kier alpha value is -3.48. The molecular weight excluding hydrogens is 368 g/mol. The average Bonchev–Trinajstić information content (AvgIpc) is 3.06. The number of hydrogen-bond donors (Lipinski definition) is 1. The van der Waals surface area contributed by atoms with Gasteiger partial charge in [0.2, 0.25) is 0 Å². The fourth-order valence-electron chi connectivity index (χ4n) is 2.96. The van der Waals surface area contributed by atoms with Gasteiger partial charge in [-0.2, -0.15) is 5.10 Å². The summed E-state index contributed by atoms with van der Waals surface area (Å²) in [6.07, 6.45) is 0. The molecule has 0 saturated heterocycles. The topological polar surface area (TPSA) is 90.1 Å². The molecule has 0 unspecified atom stereocenters. The van der Waals surface area contributed by atoms with Crippen LogP contribution in [-0.4, -0.2) is 20.6 Å². The van der Waals surface area contributed by atoms with Crippen molar-refractivity contribution in [3.05, 3.63) is 81.0 Å². The molecule has 0 radical (unpaired) electrons. The minimum absolute atomic E-state index is 0.0829. The van der Waals surface area contributed by atoms with Gasteiger partial charge in [-0.25, -0.2) is 4.68 Å². The molecular formula is C22H24N4O3. The van der Waals surface area contributed by atoms with Crippen LogP contribution in [0.5, 0.6) is 0 Å². The van der Waals surface area contributed by atoms with Gasteiger partial charge < -0.3 is 5.32 Å². The van der Waals surface area contributed by atoms with Gasteiger partial charge in [-0.3, -0.25) is 14.9 Å². The van der Waals surface area contributed by atoms with Gasteiger partial charge in [0.05, 0.1) is 16.3 Å². The fraction of sp³-hybridized carbons (Fsp3) is 0.273. The highest BCUT2D eigenvalue weighted by Crippen LogP contribution is 2.28. The number of nitro benzene ring substituents is 1. The predicted molar refractivity (Wildman–Crippen MR) is 113 cm³/mol. The summed E-state index contributed by atoms with van der Waals surface area (Å²) in [5.41, 5.74) is 3.12. The summed E-state index contributed by atoms with van der Waals surface area (Å²) in [5.74, 6) is 0.0840. The van der Waals surface area contributed by atoms with Crippen LogP contribution in [0.15, 0.2) is 48.5 Å². The lowest BCUT2D eigenvalue weighted by atomic mass is 9.92. The fourth-order valence-corrected chi connectivity index (χ4v) is 2.96. The van der Waals surface area contributed by atoms with Gasteiger partial charge in [-0.1, -0.05) is 45.0 Å². The van der Waals surface area contributed by atoms with Crippen molar-refractivity contribution >= 4 is 17.4 Å². The summed E-state index contributed by atoms with van der Waals surface area (Å²) in [5, 5.41) is 18.8. The molecule has 3 aromatic rings. The molecule has 1 heterocycles. The molecule has 1 N–H and O–H groups in total. The number of nitrogens with one attached hydrogen (secondary N) is 1. The van der Waals surface area contributed by atoms with Crippen molar-refractivity contribution in [1.82, 2.24) is 9.78 Å². The summed E-state index contributed by atoms with van der Waals surface area (Å²) >= 11 is 0. The van der Waals surface area contributed by atoms with E-state index in [0.717, 1.165) is 16.9 Å². The zero-order valence-corrected chi connectivity index (χ0v) is 17.2. The summed E-state index contributed by atoms with van der Waals surface area (Å²) in [6, 6.07) is 14.1. The van der Waals surface area contributed by atoms with Crippen molar-refractivity contribution in [2.45, 2.75) is 40.0 Å². The molecule has 0 spiro atoms. The Labute approximate surface area is 169 Å². The van der Waals surface area contributed by atoms with Crippen molar-refractivity contribution in [3.8, 4) is 5.69 Å². The second-order valence-corrected chi connectivity index (χ2v) is 8.08. The van der Waals surface area contributed by atoms with E-state index >= 15 is 0 Å². The third kappa shape index (κ3) is 4.18. The number of hydrogen-bond acceptors (Lipinski definition) is 4. The highest BCUT2D eigenvalue weighted by molar-refractivity contribution is 6.04. The average molecular weight is 392 g/mol. The third-order valence-electron chi connectivity index (χ3n) is 4.73. The van der Waals surface area contributed by atoms with Crippen LogP contribution >= 0.6 is 0 Å². The predicted octanol–water partition coefficient (Wildman–Crippen LogP) is 4.95. The summed E-state index contributed by atoms with van der Waals surface area (Å²) < 4.78 is 1.70. The summed E-state index contributed by atoms with van der Waals surface area (Å²) in [7, 11) is 0. The number of rotatable bonds is 4. The van der Waals surface area contributed by atoms with Gasteiger partial charge in [-0.15, -0.1) is 0 Å². The van der Waals surface area contributed by atoms with Crippen LogP contribution in [-0.2, 0) is 5.41 Å². The number of para-hydroxylation sites is 1.